The van der Waals surface area contributed by atoms with Gasteiger partial charge in [-0.1, -0.05) is 43.0 Å². The molecule has 2 aromatic rings. The average molecular weight is 418 g/mol. The highest BCUT2D eigenvalue weighted by Gasteiger charge is 2.50. The molecule has 1 aromatic heterocycles. The van der Waals surface area contributed by atoms with Gasteiger partial charge in [0.1, 0.15) is 5.54 Å². The van der Waals surface area contributed by atoms with Gasteiger partial charge in [0.15, 0.2) is 5.78 Å². The maximum Gasteiger partial charge on any atom is 0.327 e. The third-order valence-corrected chi connectivity index (χ3v) is 5.89. The monoisotopic (exact) mass is 417 g/mol. The topological polar surface area (TPSA) is 74.6 Å². The molecule has 0 N–H and O–H groups in total. The molecule has 3 rings (SSSR count). The van der Waals surface area contributed by atoms with Crippen LogP contribution in [0.2, 0.25) is 5.02 Å². The van der Waals surface area contributed by atoms with Crippen LogP contribution in [-0.2, 0) is 29.4 Å². The third-order valence-electron chi connectivity index (χ3n) is 5.64. The molecule has 1 aliphatic rings. The Labute approximate surface area is 174 Å². The van der Waals surface area contributed by atoms with E-state index in [1.165, 1.54) is 0 Å². The lowest BCUT2D eigenvalue weighted by Gasteiger charge is -2.38. The predicted octanol–water partition coefficient (Wildman–Crippen LogP) is 4.00. The highest BCUT2D eigenvalue weighted by atomic mass is 35.5. The molecular formula is C22H24ClNO5. The zero-order chi connectivity index (χ0) is 21.0. The SMILES string of the molecule is COC(=O)C(C(=O)OC)C(=O)C1(n2ccc(-c3ccc(Cl)cc3)c2)CCCCC1. The quantitative estimate of drug-likeness (QED) is 0.524. The molecule has 0 bridgehead atoms. The van der Waals surface area contributed by atoms with E-state index in [4.69, 9.17) is 21.1 Å². The second-order valence-electron chi connectivity index (χ2n) is 7.25. The molecule has 29 heavy (non-hydrogen) atoms. The number of ketones is 1. The van der Waals surface area contributed by atoms with Crippen LogP contribution in [-0.4, -0.2) is 36.5 Å². The minimum Gasteiger partial charge on any atom is -0.468 e. The Bertz CT molecular complexity index is 880. The molecule has 1 aliphatic carbocycles. The number of nitrogens with zero attached hydrogens (tertiary/aromatic N) is 1. The molecule has 0 aliphatic heterocycles. The van der Waals surface area contributed by atoms with Gasteiger partial charge in [0.05, 0.1) is 14.2 Å². The number of aromatic nitrogens is 1. The standard InChI is InChI=1S/C22H24ClNO5/c1-28-20(26)18(21(27)29-2)19(25)22(11-4-3-5-12-22)24-13-10-16(14-24)15-6-8-17(23)9-7-15/h6-10,13-14,18H,3-5,11-12H2,1-2H3. The lowest BCUT2D eigenvalue weighted by atomic mass is 9.74. The lowest BCUT2D eigenvalue weighted by molar-refractivity contribution is -0.164. The number of halogens is 1. The maximum absolute atomic E-state index is 13.6. The van der Waals surface area contributed by atoms with Gasteiger partial charge in [-0.3, -0.25) is 14.4 Å². The van der Waals surface area contributed by atoms with Crippen LogP contribution in [0.4, 0.5) is 0 Å². The van der Waals surface area contributed by atoms with Crippen LogP contribution >= 0.6 is 11.6 Å². The van der Waals surface area contributed by atoms with Gasteiger partial charge in [-0.05, 0) is 42.2 Å². The number of ether oxygens (including phenoxy) is 2. The van der Waals surface area contributed by atoms with E-state index in [2.05, 4.69) is 0 Å². The first-order valence-electron chi connectivity index (χ1n) is 9.57. The van der Waals surface area contributed by atoms with Crippen molar-refractivity contribution in [2.75, 3.05) is 14.2 Å². The van der Waals surface area contributed by atoms with Crippen LogP contribution < -0.4 is 0 Å². The number of Topliss-reactive ketones (excluding diaryl/α,β-unsaturated/α-hetero) is 1. The van der Waals surface area contributed by atoms with E-state index in [-0.39, 0.29) is 0 Å². The Hall–Kier alpha value is -2.60. The van der Waals surface area contributed by atoms with Crippen molar-refractivity contribution in [3.05, 3.63) is 47.7 Å². The first kappa shape index (κ1) is 21.1. The van der Waals surface area contributed by atoms with Crippen molar-refractivity contribution in [2.45, 2.75) is 37.6 Å². The van der Waals surface area contributed by atoms with Gasteiger partial charge >= 0.3 is 11.9 Å². The van der Waals surface area contributed by atoms with Gasteiger partial charge in [-0.2, -0.15) is 0 Å². The van der Waals surface area contributed by atoms with Crippen molar-refractivity contribution in [3.8, 4) is 11.1 Å². The Balaban J connectivity index is 2.03. The molecule has 1 heterocycles. The number of hydrogen-bond acceptors (Lipinski definition) is 5. The summed E-state index contributed by atoms with van der Waals surface area (Å²) < 4.78 is 11.3. The number of esters is 2. The third kappa shape index (κ3) is 4.08. The fraction of sp³-hybridized carbons (Fsp3) is 0.409. The summed E-state index contributed by atoms with van der Waals surface area (Å²) in [4.78, 5) is 38.1. The lowest BCUT2D eigenvalue weighted by Crippen LogP contribution is -2.50. The van der Waals surface area contributed by atoms with Gasteiger partial charge in [-0.25, -0.2) is 0 Å². The number of methoxy groups -OCH3 is 2. The van der Waals surface area contributed by atoms with Crippen LogP contribution in [0.1, 0.15) is 32.1 Å². The average Bonchev–Trinajstić information content (AvgIpc) is 3.25. The van der Waals surface area contributed by atoms with Gasteiger partial charge < -0.3 is 14.0 Å². The van der Waals surface area contributed by atoms with E-state index in [0.717, 1.165) is 44.6 Å². The maximum atomic E-state index is 13.6. The molecule has 0 atom stereocenters. The van der Waals surface area contributed by atoms with Crippen molar-refractivity contribution in [2.24, 2.45) is 5.92 Å². The smallest absolute Gasteiger partial charge is 0.327 e. The summed E-state index contributed by atoms with van der Waals surface area (Å²) in [5, 5.41) is 0.645. The van der Waals surface area contributed by atoms with Crippen LogP contribution in [0.3, 0.4) is 0 Å². The Morgan fingerprint density at radius 2 is 1.52 bits per heavy atom. The molecule has 0 saturated heterocycles. The summed E-state index contributed by atoms with van der Waals surface area (Å²) in [6.45, 7) is 0. The fourth-order valence-electron chi connectivity index (χ4n) is 4.06. The van der Waals surface area contributed by atoms with E-state index in [1.807, 2.05) is 35.2 Å². The number of hydrogen-bond donors (Lipinski definition) is 0. The van der Waals surface area contributed by atoms with Crippen LogP contribution in [0.5, 0.6) is 0 Å². The van der Waals surface area contributed by atoms with Crippen LogP contribution in [0.25, 0.3) is 11.1 Å². The number of benzene rings is 1. The van der Waals surface area contributed by atoms with Gasteiger partial charge in [0, 0.05) is 17.4 Å². The molecule has 154 valence electrons. The van der Waals surface area contributed by atoms with Crippen molar-refractivity contribution in [3.63, 3.8) is 0 Å². The molecule has 1 fully saturated rings. The molecule has 7 heteroatoms. The first-order valence-corrected chi connectivity index (χ1v) is 9.95. The van der Waals surface area contributed by atoms with Crippen LogP contribution in [0, 0.1) is 5.92 Å². The molecule has 0 radical (unpaired) electrons. The predicted molar refractivity (Wildman–Crippen MR) is 108 cm³/mol. The Morgan fingerprint density at radius 1 is 0.931 bits per heavy atom. The summed E-state index contributed by atoms with van der Waals surface area (Å²) in [6, 6.07) is 9.34. The van der Waals surface area contributed by atoms with Gasteiger partial charge in [0.2, 0.25) is 5.92 Å². The Kier molecular flexibility index (Phi) is 6.42. The zero-order valence-electron chi connectivity index (χ0n) is 16.5. The summed E-state index contributed by atoms with van der Waals surface area (Å²) in [5.41, 5.74) is 0.895. The van der Waals surface area contributed by atoms with E-state index >= 15 is 0 Å². The largest absolute Gasteiger partial charge is 0.468 e. The zero-order valence-corrected chi connectivity index (χ0v) is 17.3. The minimum absolute atomic E-state index is 0.478. The van der Waals surface area contributed by atoms with E-state index in [0.29, 0.717) is 17.9 Å². The van der Waals surface area contributed by atoms with Gasteiger partial charge in [0.25, 0.3) is 0 Å². The van der Waals surface area contributed by atoms with Gasteiger partial charge in [-0.15, -0.1) is 0 Å². The summed E-state index contributed by atoms with van der Waals surface area (Å²) in [5.74, 6) is -3.85. The second-order valence-corrected chi connectivity index (χ2v) is 7.69. The molecule has 1 aromatic carbocycles. The number of carbonyl (C=O) groups is 3. The molecule has 1 saturated carbocycles. The van der Waals surface area contributed by atoms with E-state index in [1.54, 1.807) is 12.1 Å². The highest BCUT2D eigenvalue weighted by Crippen LogP contribution is 2.39. The fourth-order valence-corrected chi connectivity index (χ4v) is 4.19. The molecule has 0 unspecified atom stereocenters. The van der Waals surface area contributed by atoms with Crippen molar-refractivity contribution >= 4 is 29.3 Å². The first-order chi connectivity index (χ1) is 13.9. The molecular weight excluding hydrogens is 394 g/mol. The number of carbonyl (C=O) groups excluding carboxylic acids is 3. The molecule has 6 nitrogen and oxygen atoms in total. The van der Waals surface area contributed by atoms with E-state index < -0.39 is 29.2 Å². The highest BCUT2D eigenvalue weighted by molar-refractivity contribution is 6.30. The summed E-state index contributed by atoms with van der Waals surface area (Å²) >= 11 is 5.97. The van der Waals surface area contributed by atoms with Crippen molar-refractivity contribution in [1.29, 1.82) is 0 Å². The second kappa shape index (κ2) is 8.82. The van der Waals surface area contributed by atoms with Crippen molar-refractivity contribution < 1.29 is 23.9 Å². The summed E-state index contributed by atoms with van der Waals surface area (Å²) in [6.07, 6.45) is 7.47. The summed E-state index contributed by atoms with van der Waals surface area (Å²) in [7, 11) is 2.32. The van der Waals surface area contributed by atoms with E-state index in [9.17, 15) is 14.4 Å². The van der Waals surface area contributed by atoms with Crippen molar-refractivity contribution in [1.82, 2.24) is 4.57 Å². The van der Waals surface area contributed by atoms with Crippen LogP contribution in [0.15, 0.2) is 42.7 Å². The normalized spacial score (nSPS) is 15.7. The Morgan fingerprint density at radius 3 is 2.07 bits per heavy atom. The minimum atomic E-state index is -1.59. The molecule has 0 amide bonds. The molecule has 0 spiro atoms. The number of rotatable bonds is 6.